The van der Waals surface area contributed by atoms with Gasteiger partial charge in [-0.2, -0.15) is 4.31 Å². The van der Waals surface area contributed by atoms with Gasteiger partial charge in [0.05, 0.1) is 9.23 Å². The Bertz CT molecular complexity index is 621. The van der Waals surface area contributed by atoms with E-state index in [1.165, 1.54) is 28.8 Å². The fraction of sp³-hybridized carbons (Fsp3) is 0.545. The van der Waals surface area contributed by atoms with Gasteiger partial charge in [0, 0.05) is 31.0 Å². The Balaban J connectivity index is 2.12. The number of methoxy groups -OCH3 is 1. The van der Waals surface area contributed by atoms with Gasteiger partial charge in [0.1, 0.15) is 0 Å². The van der Waals surface area contributed by atoms with Crippen molar-refractivity contribution in [2.45, 2.75) is 17.9 Å². The van der Waals surface area contributed by atoms with E-state index < -0.39 is 22.1 Å². The average molecular weight is 340 g/mol. The van der Waals surface area contributed by atoms with E-state index in [4.69, 9.17) is 21.4 Å². The highest BCUT2D eigenvalue weighted by Crippen LogP contribution is 2.34. The highest BCUT2D eigenvalue weighted by molar-refractivity contribution is 7.89. The van der Waals surface area contributed by atoms with Crippen LogP contribution in [0.3, 0.4) is 0 Å². The Hall–Kier alpha value is -0.670. The maximum Gasteiger partial charge on any atom is 0.333 e. The van der Waals surface area contributed by atoms with Crippen molar-refractivity contribution >= 4 is 38.9 Å². The minimum absolute atomic E-state index is 0.139. The van der Waals surface area contributed by atoms with E-state index in [9.17, 15) is 13.2 Å². The smallest absolute Gasteiger partial charge is 0.333 e. The normalized spacial score (nSPS) is 18.8. The van der Waals surface area contributed by atoms with Crippen molar-refractivity contribution < 1.29 is 23.1 Å². The van der Waals surface area contributed by atoms with Crippen LogP contribution in [0.5, 0.6) is 0 Å². The fourth-order valence-electron chi connectivity index (χ4n) is 2.18. The lowest BCUT2D eigenvalue weighted by molar-refractivity contribution is -0.154. The first-order valence-electron chi connectivity index (χ1n) is 5.79. The molecule has 1 aliphatic heterocycles. The molecule has 1 N–H and O–H groups in total. The highest BCUT2D eigenvalue weighted by Gasteiger charge is 2.44. The van der Waals surface area contributed by atoms with E-state index >= 15 is 0 Å². The zero-order valence-corrected chi connectivity index (χ0v) is 13.3. The van der Waals surface area contributed by atoms with Crippen molar-refractivity contribution in [1.29, 1.82) is 0 Å². The standard InChI is InChI=1S/C11H14ClNO5S2/c1-6-8(3-9(12)19-6)20(16,17)13-4-7(5-13)10(18-2)11(14)15/h3,7,10H,4-5H2,1-2H3,(H,14,15). The first-order chi connectivity index (χ1) is 9.27. The Labute approximate surface area is 126 Å². The van der Waals surface area contributed by atoms with Crippen molar-refractivity contribution in [1.82, 2.24) is 4.31 Å². The van der Waals surface area contributed by atoms with Gasteiger partial charge in [0.2, 0.25) is 10.0 Å². The molecule has 2 heterocycles. The summed E-state index contributed by atoms with van der Waals surface area (Å²) in [4.78, 5) is 11.8. The van der Waals surface area contributed by atoms with Crippen LogP contribution in [0.4, 0.5) is 0 Å². The molecule has 0 bridgehead atoms. The number of hydrogen-bond donors (Lipinski definition) is 1. The van der Waals surface area contributed by atoms with Crippen LogP contribution in [-0.4, -0.2) is 50.1 Å². The molecule has 1 fully saturated rings. The van der Waals surface area contributed by atoms with Gasteiger partial charge in [-0.15, -0.1) is 11.3 Å². The zero-order valence-electron chi connectivity index (χ0n) is 10.9. The summed E-state index contributed by atoms with van der Waals surface area (Å²) in [5.74, 6) is -1.41. The molecule has 6 nitrogen and oxygen atoms in total. The number of halogens is 1. The molecule has 20 heavy (non-hydrogen) atoms. The van der Waals surface area contributed by atoms with E-state index in [1.54, 1.807) is 6.92 Å². The van der Waals surface area contributed by atoms with Crippen LogP contribution in [0.15, 0.2) is 11.0 Å². The van der Waals surface area contributed by atoms with Gasteiger partial charge in [-0.1, -0.05) is 11.6 Å². The van der Waals surface area contributed by atoms with Crippen molar-refractivity contribution in [2.24, 2.45) is 5.92 Å². The SMILES string of the molecule is COC(C(=O)O)C1CN(S(=O)(=O)c2cc(Cl)sc2C)C1. The number of sulfonamides is 1. The third-order valence-electron chi connectivity index (χ3n) is 3.26. The number of hydrogen-bond acceptors (Lipinski definition) is 5. The molecule has 9 heteroatoms. The zero-order chi connectivity index (χ0) is 15.1. The second-order valence-corrected chi connectivity index (χ2v) is 8.34. The molecule has 0 saturated carbocycles. The number of thiophene rings is 1. The summed E-state index contributed by atoms with van der Waals surface area (Å²) < 4.78 is 31.3. The van der Waals surface area contributed by atoms with Crippen LogP contribution < -0.4 is 0 Å². The summed E-state index contributed by atoms with van der Waals surface area (Å²) in [7, 11) is -2.30. The minimum Gasteiger partial charge on any atom is -0.479 e. The highest BCUT2D eigenvalue weighted by atomic mass is 35.5. The van der Waals surface area contributed by atoms with Gasteiger partial charge in [-0.25, -0.2) is 13.2 Å². The first kappa shape index (κ1) is 15.7. The molecule has 1 unspecified atom stereocenters. The van der Waals surface area contributed by atoms with Gasteiger partial charge in [-0.3, -0.25) is 0 Å². The lowest BCUT2D eigenvalue weighted by Gasteiger charge is -2.40. The van der Waals surface area contributed by atoms with Crippen LogP contribution in [0.1, 0.15) is 4.88 Å². The van der Waals surface area contributed by atoms with E-state index in [0.29, 0.717) is 9.21 Å². The maximum atomic E-state index is 12.4. The molecule has 0 amide bonds. The number of carboxylic acid groups (broad SMARTS) is 1. The molecule has 0 aliphatic carbocycles. The van der Waals surface area contributed by atoms with E-state index in [-0.39, 0.29) is 23.9 Å². The largest absolute Gasteiger partial charge is 0.479 e. The summed E-state index contributed by atoms with van der Waals surface area (Å²) >= 11 is 7.02. The van der Waals surface area contributed by atoms with Gasteiger partial charge >= 0.3 is 5.97 Å². The Morgan fingerprint density at radius 2 is 2.20 bits per heavy atom. The predicted molar refractivity (Wildman–Crippen MR) is 74.7 cm³/mol. The number of aliphatic carboxylic acids is 1. The van der Waals surface area contributed by atoms with Crippen LogP contribution in [0.25, 0.3) is 0 Å². The van der Waals surface area contributed by atoms with Crippen LogP contribution >= 0.6 is 22.9 Å². The van der Waals surface area contributed by atoms with Crippen molar-refractivity contribution in [3.63, 3.8) is 0 Å². The Morgan fingerprint density at radius 1 is 1.60 bits per heavy atom. The van der Waals surface area contributed by atoms with Crippen molar-refractivity contribution in [2.75, 3.05) is 20.2 Å². The molecule has 1 aromatic rings. The number of ether oxygens (including phenoxy) is 1. The molecule has 112 valence electrons. The molecule has 0 aromatic carbocycles. The van der Waals surface area contributed by atoms with Crippen molar-refractivity contribution in [3.05, 3.63) is 15.3 Å². The first-order valence-corrected chi connectivity index (χ1v) is 8.42. The lowest BCUT2D eigenvalue weighted by Crippen LogP contribution is -2.56. The number of carboxylic acids is 1. The Kier molecular flexibility index (Phi) is 4.41. The molecule has 1 aliphatic rings. The number of nitrogens with zero attached hydrogens (tertiary/aromatic N) is 1. The van der Waals surface area contributed by atoms with Gasteiger partial charge in [-0.05, 0) is 13.0 Å². The summed E-state index contributed by atoms with van der Waals surface area (Å²) in [5, 5.41) is 8.95. The van der Waals surface area contributed by atoms with Crippen LogP contribution in [0.2, 0.25) is 4.34 Å². The predicted octanol–water partition coefficient (Wildman–Crippen LogP) is 1.43. The number of aryl methyl sites for hydroxylation is 1. The second kappa shape index (κ2) is 5.61. The molecule has 0 spiro atoms. The van der Waals surface area contributed by atoms with Gasteiger partial charge in [0.15, 0.2) is 6.10 Å². The molecular formula is C11H14ClNO5S2. The molecule has 1 atom stereocenters. The van der Waals surface area contributed by atoms with Crippen LogP contribution in [0, 0.1) is 12.8 Å². The third kappa shape index (κ3) is 2.71. The molecule has 1 saturated heterocycles. The minimum atomic E-state index is -3.60. The summed E-state index contributed by atoms with van der Waals surface area (Å²) in [6.45, 7) is 1.97. The number of rotatable bonds is 5. The quantitative estimate of drug-likeness (QED) is 0.877. The van der Waals surface area contributed by atoms with E-state index in [2.05, 4.69) is 0 Å². The van der Waals surface area contributed by atoms with Crippen LogP contribution in [-0.2, 0) is 19.6 Å². The fourth-order valence-corrected chi connectivity index (χ4v) is 5.53. The van der Waals surface area contributed by atoms with Crippen molar-refractivity contribution in [3.8, 4) is 0 Å². The summed E-state index contributed by atoms with van der Waals surface area (Å²) in [6, 6.07) is 1.43. The molecule has 1 aromatic heterocycles. The van der Waals surface area contributed by atoms with Gasteiger partial charge < -0.3 is 9.84 Å². The lowest BCUT2D eigenvalue weighted by atomic mass is 9.96. The summed E-state index contributed by atoms with van der Waals surface area (Å²) in [6.07, 6.45) is -0.978. The van der Waals surface area contributed by atoms with E-state index in [0.717, 1.165) is 0 Å². The maximum absolute atomic E-state index is 12.4. The average Bonchev–Trinajstić information content (AvgIpc) is 2.61. The molecule has 2 rings (SSSR count). The third-order valence-corrected chi connectivity index (χ3v) is 6.53. The second-order valence-electron chi connectivity index (χ2n) is 4.55. The number of carbonyl (C=O) groups is 1. The van der Waals surface area contributed by atoms with E-state index in [1.807, 2.05) is 0 Å². The van der Waals surface area contributed by atoms with Gasteiger partial charge in [0.25, 0.3) is 0 Å². The molecule has 0 radical (unpaired) electrons. The Morgan fingerprint density at radius 3 is 2.60 bits per heavy atom. The summed E-state index contributed by atoms with van der Waals surface area (Å²) in [5.41, 5.74) is 0. The monoisotopic (exact) mass is 339 g/mol. The topological polar surface area (TPSA) is 83.9 Å². The molecular weight excluding hydrogens is 326 g/mol.